The number of hydrogen-bond acceptors (Lipinski definition) is 5. The highest BCUT2D eigenvalue weighted by Gasteiger charge is 2.26. The molecule has 0 aromatic carbocycles. The number of aliphatic hydroxyl groups is 1. The Bertz CT molecular complexity index is 437. The summed E-state index contributed by atoms with van der Waals surface area (Å²) in [6.45, 7) is 2.88. The number of thiocarbonyl (C=S) groups is 1. The summed E-state index contributed by atoms with van der Waals surface area (Å²) in [6.07, 6.45) is 2.02. The molecule has 0 aliphatic carbocycles. The van der Waals surface area contributed by atoms with Crippen LogP contribution in [0.15, 0.2) is 6.07 Å². The van der Waals surface area contributed by atoms with Crippen molar-refractivity contribution in [2.45, 2.75) is 25.8 Å². The Hall–Kier alpha value is -1.27. The molecular weight excluding hydrogens is 236 g/mol. The van der Waals surface area contributed by atoms with Crippen LogP contribution >= 0.6 is 12.2 Å². The Morgan fingerprint density at radius 1 is 1.65 bits per heavy atom. The molecule has 1 unspecified atom stereocenters. The Kier molecular flexibility index (Phi) is 3.54. The minimum atomic E-state index is 0.107. The van der Waals surface area contributed by atoms with E-state index < -0.39 is 0 Å². The van der Waals surface area contributed by atoms with Crippen molar-refractivity contribution in [1.29, 1.82) is 0 Å². The molecule has 1 aliphatic heterocycles. The maximum atomic E-state index is 9.30. The van der Waals surface area contributed by atoms with Crippen LogP contribution in [-0.4, -0.2) is 39.3 Å². The molecule has 1 atom stereocenters. The summed E-state index contributed by atoms with van der Waals surface area (Å²) < 4.78 is 0. The maximum absolute atomic E-state index is 9.30. The van der Waals surface area contributed by atoms with E-state index in [1.54, 1.807) is 6.07 Å². The second-order valence-corrected chi connectivity index (χ2v) is 4.67. The fraction of sp³-hybridized carbons (Fsp3) is 0.545. The summed E-state index contributed by atoms with van der Waals surface area (Å²) in [7, 11) is 0. The van der Waals surface area contributed by atoms with Gasteiger partial charge in [0, 0.05) is 12.2 Å². The van der Waals surface area contributed by atoms with E-state index in [1.807, 2.05) is 11.8 Å². The molecule has 1 fully saturated rings. The largest absolute Gasteiger partial charge is 0.394 e. The first-order valence-electron chi connectivity index (χ1n) is 5.65. The quantitative estimate of drug-likeness (QED) is 0.758. The number of nitrogens with two attached hydrogens (primary N) is 1. The predicted molar refractivity (Wildman–Crippen MR) is 70.1 cm³/mol. The van der Waals surface area contributed by atoms with Crippen molar-refractivity contribution in [3.8, 4) is 0 Å². The smallest absolute Gasteiger partial charge is 0.226 e. The van der Waals surface area contributed by atoms with Crippen molar-refractivity contribution < 1.29 is 5.11 Å². The van der Waals surface area contributed by atoms with Crippen LogP contribution in [0.4, 0.5) is 5.95 Å². The van der Waals surface area contributed by atoms with Gasteiger partial charge in [-0.15, -0.1) is 0 Å². The molecule has 17 heavy (non-hydrogen) atoms. The molecule has 1 aliphatic rings. The molecule has 0 spiro atoms. The van der Waals surface area contributed by atoms with E-state index in [2.05, 4.69) is 9.97 Å². The standard InChI is InChI=1S/C11H16N4OS/c1-7-5-9(10(12)17)14-11(13-7)15-4-2-3-8(15)6-16/h5,8,16H,2-4,6H2,1H3,(H2,12,17). The molecule has 1 aromatic heterocycles. The van der Waals surface area contributed by atoms with Crippen LogP contribution < -0.4 is 10.6 Å². The van der Waals surface area contributed by atoms with Crippen LogP contribution in [0, 0.1) is 6.92 Å². The lowest BCUT2D eigenvalue weighted by Gasteiger charge is -2.23. The Balaban J connectivity index is 2.34. The number of rotatable bonds is 3. The van der Waals surface area contributed by atoms with Crippen molar-refractivity contribution in [3.05, 3.63) is 17.5 Å². The highest BCUT2D eigenvalue weighted by atomic mass is 32.1. The van der Waals surface area contributed by atoms with Gasteiger partial charge in [0.1, 0.15) is 10.7 Å². The minimum absolute atomic E-state index is 0.107. The molecule has 2 heterocycles. The highest BCUT2D eigenvalue weighted by molar-refractivity contribution is 7.80. The van der Waals surface area contributed by atoms with Gasteiger partial charge < -0.3 is 15.7 Å². The van der Waals surface area contributed by atoms with Gasteiger partial charge in [-0.2, -0.15) is 0 Å². The van der Waals surface area contributed by atoms with Crippen molar-refractivity contribution in [2.75, 3.05) is 18.1 Å². The molecule has 92 valence electrons. The van der Waals surface area contributed by atoms with Gasteiger partial charge in [-0.3, -0.25) is 0 Å². The first-order chi connectivity index (χ1) is 8.11. The summed E-state index contributed by atoms with van der Waals surface area (Å²) in [5, 5.41) is 9.30. The van der Waals surface area contributed by atoms with Gasteiger partial charge in [0.2, 0.25) is 5.95 Å². The van der Waals surface area contributed by atoms with Gasteiger partial charge in [-0.25, -0.2) is 9.97 Å². The molecule has 6 heteroatoms. The van der Waals surface area contributed by atoms with Gasteiger partial charge in [0.15, 0.2) is 0 Å². The molecule has 0 bridgehead atoms. The van der Waals surface area contributed by atoms with Crippen LogP contribution in [-0.2, 0) is 0 Å². The molecule has 0 saturated carbocycles. The lowest BCUT2D eigenvalue weighted by atomic mass is 10.2. The fourth-order valence-corrected chi connectivity index (χ4v) is 2.20. The lowest BCUT2D eigenvalue weighted by Crippen LogP contribution is -2.34. The van der Waals surface area contributed by atoms with Crippen LogP contribution in [0.25, 0.3) is 0 Å². The molecule has 3 N–H and O–H groups in total. The van der Waals surface area contributed by atoms with E-state index in [4.69, 9.17) is 18.0 Å². The van der Waals surface area contributed by atoms with Crippen molar-refractivity contribution in [3.63, 3.8) is 0 Å². The fourth-order valence-electron chi connectivity index (χ4n) is 2.10. The summed E-state index contributed by atoms with van der Waals surface area (Å²) >= 11 is 4.93. The van der Waals surface area contributed by atoms with Crippen molar-refractivity contribution >= 4 is 23.2 Å². The van der Waals surface area contributed by atoms with Crippen LogP contribution in [0.3, 0.4) is 0 Å². The average Bonchev–Trinajstić information content (AvgIpc) is 2.76. The zero-order valence-corrected chi connectivity index (χ0v) is 10.6. The van der Waals surface area contributed by atoms with Crippen LogP contribution in [0.1, 0.15) is 24.2 Å². The van der Waals surface area contributed by atoms with Crippen molar-refractivity contribution in [2.24, 2.45) is 5.73 Å². The number of anilines is 1. The monoisotopic (exact) mass is 252 g/mol. The Morgan fingerprint density at radius 3 is 3.06 bits per heavy atom. The maximum Gasteiger partial charge on any atom is 0.226 e. The van der Waals surface area contributed by atoms with Crippen LogP contribution in [0.2, 0.25) is 0 Å². The summed E-state index contributed by atoms with van der Waals surface area (Å²) in [5.74, 6) is 0.615. The van der Waals surface area contributed by atoms with E-state index in [1.165, 1.54) is 0 Å². The van der Waals surface area contributed by atoms with E-state index >= 15 is 0 Å². The normalized spacial score (nSPS) is 19.6. The number of aryl methyl sites for hydroxylation is 1. The molecule has 1 aromatic rings. The summed E-state index contributed by atoms with van der Waals surface area (Å²) in [6, 6.07) is 1.88. The zero-order chi connectivity index (χ0) is 12.4. The van der Waals surface area contributed by atoms with Gasteiger partial charge >= 0.3 is 0 Å². The molecule has 0 radical (unpaired) electrons. The van der Waals surface area contributed by atoms with Crippen LogP contribution in [0.5, 0.6) is 0 Å². The third-order valence-corrected chi connectivity index (χ3v) is 3.15. The van der Waals surface area contributed by atoms with Gasteiger partial charge in [0.05, 0.1) is 12.6 Å². The first kappa shape index (κ1) is 12.2. The first-order valence-corrected chi connectivity index (χ1v) is 6.05. The second kappa shape index (κ2) is 4.93. The lowest BCUT2D eigenvalue weighted by molar-refractivity contribution is 0.265. The Labute approximate surface area is 106 Å². The number of aliphatic hydroxyl groups excluding tert-OH is 1. The van der Waals surface area contributed by atoms with E-state index in [0.717, 1.165) is 25.1 Å². The topological polar surface area (TPSA) is 75.3 Å². The molecule has 0 amide bonds. The van der Waals surface area contributed by atoms with Gasteiger partial charge in [-0.05, 0) is 25.8 Å². The van der Waals surface area contributed by atoms with Gasteiger partial charge in [0.25, 0.3) is 0 Å². The highest BCUT2D eigenvalue weighted by Crippen LogP contribution is 2.22. The van der Waals surface area contributed by atoms with Gasteiger partial charge in [-0.1, -0.05) is 12.2 Å². The molecule has 2 rings (SSSR count). The predicted octanol–water partition coefficient (Wildman–Crippen LogP) is 0.380. The minimum Gasteiger partial charge on any atom is -0.394 e. The van der Waals surface area contributed by atoms with Crippen molar-refractivity contribution in [1.82, 2.24) is 9.97 Å². The molecule has 5 nitrogen and oxygen atoms in total. The van der Waals surface area contributed by atoms with E-state index in [9.17, 15) is 5.11 Å². The third kappa shape index (κ3) is 2.53. The number of hydrogen-bond donors (Lipinski definition) is 2. The molecule has 1 saturated heterocycles. The van der Waals surface area contributed by atoms with E-state index in [0.29, 0.717) is 11.6 Å². The second-order valence-electron chi connectivity index (χ2n) is 4.23. The summed E-state index contributed by atoms with van der Waals surface area (Å²) in [5.41, 5.74) is 7.01. The SMILES string of the molecule is Cc1cc(C(N)=S)nc(N2CCCC2CO)n1. The zero-order valence-electron chi connectivity index (χ0n) is 9.76. The molecular formula is C11H16N4OS. The number of aromatic nitrogens is 2. The summed E-state index contributed by atoms with van der Waals surface area (Å²) in [4.78, 5) is 11.0. The number of nitrogens with zero attached hydrogens (tertiary/aromatic N) is 3. The van der Waals surface area contributed by atoms with E-state index in [-0.39, 0.29) is 17.6 Å². The Morgan fingerprint density at radius 2 is 2.41 bits per heavy atom. The third-order valence-electron chi connectivity index (χ3n) is 2.94. The average molecular weight is 252 g/mol.